The normalized spacial score (nSPS) is 12.1. The third-order valence-electron chi connectivity index (χ3n) is 3.20. The highest BCUT2D eigenvalue weighted by molar-refractivity contribution is 5.53. The van der Waals surface area contributed by atoms with Crippen LogP contribution in [0.15, 0.2) is 35.9 Å². The second-order valence-electron chi connectivity index (χ2n) is 4.74. The van der Waals surface area contributed by atoms with E-state index < -0.39 is 0 Å². The standard InChI is InChI=1S/C17H26O2/c1-4-5-6-10-13-16(17(18-2)19-3)14-15-11-8-7-9-12-15/h7-9,11-12,14,17H,4-6,10,13H2,1-3H3/b16-14-. The van der Waals surface area contributed by atoms with Gasteiger partial charge in [0.2, 0.25) is 0 Å². The molecular formula is C17H26O2. The van der Waals surface area contributed by atoms with Gasteiger partial charge in [0.05, 0.1) is 0 Å². The number of ether oxygens (including phenoxy) is 2. The average molecular weight is 262 g/mol. The van der Waals surface area contributed by atoms with Crippen molar-refractivity contribution in [1.82, 2.24) is 0 Å². The Morgan fingerprint density at radius 2 is 1.74 bits per heavy atom. The Morgan fingerprint density at radius 1 is 1.05 bits per heavy atom. The monoisotopic (exact) mass is 262 g/mol. The summed E-state index contributed by atoms with van der Waals surface area (Å²) in [5.74, 6) is 0. The van der Waals surface area contributed by atoms with Crippen LogP contribution in [0.3, 0.4) is 0 Å². The first-order chi connectivity index (χ1) is 9.31. The molecule has 2 nitrogen and oxygen atoms in total. The molecule has 1 aromatic carbocycles. The largest absolute Gasteiger partial charge is 0.352 e. The molecule has 0 amide bonds. The van der Waals surface area contributed by atoms with Gasteiger partial charge in [0, 0.05) is 14.2 Å². The number of unbranched alkanes of at least 4 members (excludes halogenated alkanes) is 3. The van der Waals surface area contributed by atoms with E-state index in [9.17, 15) is 0 Å². The highest BCUT2D eigenvalue weighted by Crippen LogP contribution is 2.19. The molecule has 0 aromatic heterocycles. The molecular weight excluding hydrogens is 236 g/mol. The van der Waals surface area contributed by atoms with E-state index in [1.54, 1.807) is 14.2 Å². The van der Waals surface area contributed by atoms with E-state index in [4.69, 9.17) is 9.47 Å². The summed E-state index contributed by atoms with van der Waals surface area (Å²) < 4.78 is 10.8. The van der Waals surface area contributed by atoms with Gasteiger partial charge in [-0.05, 0) is 24.0 Å². The van der Waals surface area contributed by atoms with Crippen molar-refractivity contribution in [2.45, 2.75) is 45.3 Å². The van der Waals surface area contributed by atoms with Crippen LogP contribution >= 0.6 is 0 Å². The van der Waals surface area contributed by atoms with Crippen LogP contribution in [-0.2, 0) is 9.47 Å². The zero-order chi connectivity index (χ0) is 13.9. The fourth-order valence-electron chi connectivity index (χ4n) is 2.18. The molecule has 0 N–H and O–H groups in total. The van der Waals surface area contributed by atoms with Gasteiger partial charge in [-0.25, -0.2) is 0 Å². The number of hydrogen-bond donors (Lipinski definition) is 0. The predicted octanol–water partition coefficient (Wildman–Crippen LogP) is 4.66. The van der Waals surface area contributed by atoms with Crippen molar-refractivity contribution in [3.63, 3.8) is 0 Å². The molecule has 0 aliphatic heterocycles. The van der Waals surface area contributed by atoms with Crippen molar-refractivity contribution in [3.05, 3.63) is 41.5 Å². The van der Waals surface area contributed by atoms with Crippen molar-refractivity contribution in [2.75, 3.05) is 14.2 Å². The number of benzene rings is 1. The Kier molecular flexibility index (Phi) is 8.19. The SMILES string of the molecule is CCCCCC/C(=C/c1ccccc1)C(OC)OC. The smallest absolute Gasteiger partial charge is 0.179 e. The van der Waals surface area contributed by atoms with Crippen molar-refractivity contribution < 1.29 is 9.47 Å². The van der Waals surface area contributed by atoms with Crippen LogP contribution in [0.2, 0.25) is 0 Å². The number of methoxy groups -OCH3 is 2. The Balaban J connectivity index is 2.71. The molecule has 19 heavy (non-hydrogen) atoms. The fourth-order valence-corrected chi connectivity index (χ4v) is 2.18. The van der Waals surface area contributed by atoms with Crippen molar-refractivity contribution in [2.24, 2.45) is 0 Å². The molecule has 0 bridgehead atoms. The quantitative estimate of drug-likeness (QED) is 0.476. The molecule has 0 fully saturated rings. The van der Waals surface area contributed by atoms with Crippen LogP contribution in [0.5, 0.6) is 0 Å². The summed E-state index contributed by atoms with van der Waals surface area (Å²) in [6, 6.07) is 10.3. The first kappa shape index (κ1) is 15.9. The van der Waals surface area contributed by atoms with E-state index >= 15 is 0 Å². The van der Waals surface area contributed by atoms with E-state index in [0.717, 1.165) is 6.42 Å². The van der Waals surface area contributed by atoms with Gasteiger partial charge in [0.25, 0.3) is 0 Å². The van der Waals surface area contributed by atoms with Gasteiger partial charge in [-0.15, -0.1) is 0 Å². The average Bonchev–Trinajstić information content (AvgIpc) is 2.45. The van der Waals surface area contributed by atoms with Gasteiger partial charge >= 0.3 is 0 Å². The Hall–Kier alpha value is -1.12. The molecule has 0 spiro atoms. The zero-order valence-electron chi connectivity index (χ0n) is 12.4. The third kappa shape index (κ3) is 6.04. The van der Waals surface area contributed by atoms with E-state index in [1.165, 1.54) is 36.8 Å². The second kappa shape index (κ2) is 9.76. The highest BCUT2D eigenvalue weighted by atomic mass is 16.7. The summed E-state index contributed by atoms with van der Waals surface area (Å²) in [6.07, 6.45) is 7.99. The van der Waals surface area contributed by atoms with Crippen LogP contribution in [0, 0.1) is 0 Å². The minimum Gasteiger partial charge on any atom is -0.352 e. The van der Waals surface area contributed by atoms with Crippen molar-refractivity contribution >= 4 is 6.08 Å². The van der Waals surface area contributed by atoms with Crippen LogP contribution in [0.1, 0.15) is 44.6 Å². The molecule has 0 heterocycles. The first-order valence-corrected chi connectivity index (χ1v) is 7.13. The predicted molar refractivity (Wildman–Crippen MR) is 81.0 cm³/mol. The molecule has 0 aliphatic rings. The number of hydrogen-bond acceptors (Lipinski definition) is 2. The Labute approximate surface area is 117 Å². The molecule has 1 aromatic rings. The Bertz CT molecular complexity index is 353. The fraction of sp³-hybridized carbons (Fsp3) is 0.529. The Morgan fingerprint density at radius 3 is 2.32 bits per heavy atom. The molecule has 106 valence electrons. The maximum absolute atomic E-state index is 5.40. The summed E-state index contributed by atoms with van der Waals surface area (Å²) in [7, 11) is 3.39. The van der Waals surface area contributed by atoms with Crippen LogP contribution in [0.4, 0.5) is 0 Å². The molecule has 1 rings (SSSR count). The lowest BCUT2D eigenvalue weighted by molar-refractivity contribution is -0.0760. The lowest BCUT2D eigenvalue weighted by Crippen LogP contribution is -2.16. The van der Waals surface area contributed by atoms with Gasteiger partial charge in [0.1, 0.15) is 0 Å². The van der Waals surface area contributed by atoms with Crippen LogP contribution < -0.4 is 0 Å². The second-order valence-corrected chi connectivity index (χ2v) is 4.74. The summed E-state index contributed by atoms with van der Waals surface area (Å²) in [5, 5.41) is 0. The van der Waals surface area contributed by atoms with Crippen molar-refractivity contribution in [3.8, 4) is 0 Å². The minimum atomic E-state index is -0.234. The molecule has 0 saturated carbocycles. The molecule has 2 heteroatoms. The van der Waals surface area contributed by atoms with Gasteiger partial charge in [-0.1, -0.05) is 62.6 Å². The summed E-state index contributed by atoms with van der Waals surface area (Å²) >= 11 is 0. The molecule has 0 saturated heterocycles. The molecule has 0 unspecified atom stereocenters. The maximum atomic E-state index is 5.40. The van der Waals surface area contributed by atoms with E-state index in [1.807, 2.05) is 6.07 Å². The van der Waals surface area contributed by atoms with Gasteiger partial charge in [0.15, 0.2) is 6.29 Å². The van der Waals surface area contributed by atoms with E-state index in [0.29, 0.717) is 0 Å². The third-order valence-corrected chi connectivity index (χ3v) is 3.20. The lowest BCUT2D eigenvalue weighted by Gasteiger charge is -2.17. The van der Waals surface area contributed by atoms with E-state index in [2.05, 4.69) is 37.3 Å². The van der Waals surface area contributed by atoms with Gasteiger partial charge in [-0.3, -0.25) is 0 Å². The molecule has 0 aliphatic carbocycles. The van der Waals surface area contributed by atoms with Crippen LogP contribution in [0.25, 0.3) is 6.08 Å². The van der Waals surface area contributed by atoms with Gasteiger partial charge < -0.3 is 9.47 Å². The first-order valence-electron chi connectivity index (χ1n) is 7.13. The lowest BCUT2D eigenvalue weighted by atomic mass is 10.0. The maximum Gasteiger partial charge on any atom is 0.179 e. The molecule has 0 atom stereocenters. The van der Waals surface area contributed by atoms with Gasteiger partial charge in [-0.2, -0.15) is 0 Å². The highest BCUT2D eigenvalue weighted by Gasteiger charge is 2.12. The molecule has 0 radical (unpaired) electrons. The zero-order valence-corrected chi connectivity index (χ0v) is 12.4. The topological polar surface area (TPSA) is 18.5 Å². The summed E-state index contributed by atoms with van der Waals surface area (Å²) in [5.41, 5.74) is 2.42. The minimum absolute atomic E-state index is 0.234. The number of rotatable bonds is 9. The van der Waals surface area contributed by atoms with E-state index in [-0.39, 0.29) is 6.29 Å². The summed E-state index contributed by atoms with van der Waals surface area (Å²) in [4.78, 5) is 0. The van der Waals surface area contributed by atoms with Crippen molar-refractivity contribution in [1.29, 1.82) is 0 Å². The summed E-state index contributed by atoms with van der Waals surface area (Å²) in [6.45, 7) is 2.23. The van der Waals surface area contributed by atoms with Crippen LogP contribution in [-0.4, -0.2) is 20.5 Å².